The molecule has 0 unspecified atom stereocenters. The zero-order chi connectivity index (χ0) is 12.4. The lowest BCUT2D eigenvalue weighted by atomic mass is 10.2. The van der Waals surface area contributed by atoms with Gasteiger partial charge in [0.05, 0.1) is 12.7 Å². The number of halogens is 2. The predicted octanol–water partition coefficient (Wildman–Crippen LogP) is 2.49. The van der Waals surface area contributed by atoms with Crippen molar-refractivity contribution in [3.05, 3.63) is 34.6 Å². The zero-order valence-corrected chi connectivity index (χ0v) is 9.52. The van der Waals surface area contributed by atoms with Crippen molar-refractivity contribution in [2.45, 2.75) is 0 Å². The van der Waals surface area contributed by atoms with E-state index in [9.17, 15) is 8.78 Å². The predicted molar refractivity (Wildman–Crippen MR) is 59.1 cm³/mol. The molecule has 88 valence electrons. The van der Waals surface area contributed by atoms with Gasteiger partial charge in [-0.25, -0.2) is 13.8 Å². The summed E-state index contributed by atoms with van der Waals surface area (Å²) < 4.78 is 31.4. The molecule has 0 radical (unpaired) electrons. The van der Waals surface area contributed by atoms with Crippen LogP contribution in [0.5, 0.6) is 6.01 Å². The summed E-state index contributed by atoms with van der Waals surface area (Å²) in [6.07, 6.45) is 0. The van der Waals surface area contributed by atoms with Crippen molar-refractivity contribution in [2.24, 2.45) is 0 Å². The highest BCUT2D eigenvalue weighted by Crippen LogP contribution is 2.20. The fourth-order valence-corrected chi connectivity index (χ4v) is 1.44. The molecule has 0 bridgehead atoms. The second-order valence-corrected chi connectivity index (χ2v) is 3.48. The van der Waals surface area contributed by atoms with Crippen LogP contribution in [0.15, 0.2) is 18.2 Å². The molecule has 0 aliphatic carbocycles. The van der Waals surface area contributed by atoms with Crippen molar-refractivity contribution in [1.29, 1.82) is 0 Å². The number of methoxy groups -OCH3 is 1. The van der Waals surface area contributed by atoms with Gasteiger partial charge in [0.15, 0.2) is 0 Å². The Morgan fingerprint density at radius 2 is 2.06 bits per heavy atom. The second kappa shape index (κ2) is 4.54. The third-order valence-electron chi connectivity index (χ3n) is 2.01. The lowest BCUT2D eigenvalue weighted by molar-refractivity contribution is 0.378. The van der Waals surface area contributed by atoms with Gasteiger partial charge in [0, 0.05) is 0 Å². The fraction of sp³-hybridized carbons (Fsp3) is 0.100. The Bertz CT molecular complexity index is 615. The van der Waals surface area contributed by atoms with Gasteiger partial charge in [-0.2, -0.15) is 4.98 Å². The first-order valence-corrected chi connectivity index (χ1v) is 4.99. The van der Waals surface area contributed by atoms with Crippen LogP contribution < -0.4 is 4.74 Å². The van der Waals surface area contributed by atoms with Crippen LogP contribution in [-0.2, 0) is 0 Å². The summed E-state index contributed by atoms with van der Waals surface area (Å²) >= 11 is 4.79. The van der Waals surface area contributed by atoms with Crippen molar-refractivity contribution in [1.82, 2.24) is 15.0 Å². The van der Waals surface area contributed by atoms with E-state index < -0.39 is 11.6 Å². The molecular formula is C10H7F2N3OS. The largest absolute Gasteiger partial charge is 0.468 e. The topological polar surface area (TPSA) is 50.8 Å². The number of ether oxygens (including phenoxy) is 1. The highest BCUT2D eigenvalue weighted by Gasteiger charge is 2.10. The van der Waals surface area contributed by atoms with E-state index in [0.29, 0.717) is 0 Å². The summed E-state index contributed by atoms with van der Waals surface area (Å²) in [5.41, 5.74) is -0.0307. The van der Waals surface area contributed by atoms with Gasteiger partial charge in [0.1, 0.15) is 17.5 Å². The molecule has 0 spiro atoms. The molecule has 17 heavy (non-hydrogen) atoms. The minimum atomic E-state index is -0.613. The van der Waals surface area contributed by atoms with E-state index in [1.807, 2.05) is 0 Å². The van der Waals surface area contributed by atoms with E-state index in [2.05, 4.69) is 15.0 Å². The van der Waals surface area contributed by atoms with Crippen molar-refractivity contribution in [3.63, 3.8) is 0 Å². The minimum absolute atomic E-state index is 0.0146. The van der Waals surface area contributed by atoms with Crippen molar-refractivity contribution in [3.8, 4) is 17.4 Å². The smallest absolute Gasteiger partial charge is 0.297 e. The molecule has 0 aliphatic rings. The number of nitrogens with one attached hydrogen (secondary N) is 1. The van der Waals surface area contributed by atoms with Gasteiger partial charge < -0.3 is 4.74 Å². The first kappa shape index (κ1) is 11.6. The molecule has 0 fully saturated rings. The fourth-order valence-electron chi connectivity index (χ4n) is 1.27. The van der Waals surface area contributed by atoms with Crippen molar-refractivity contribution in [2.75, 3.05) is 7.11 Å². The van der Waals surface area contributed by atoms with E-state index in [0.717, 1.165) is 18.2 Å². The van der Waals surface area contributed by atoms with Gasteiger partial charge in [-0.15, -0.1) is 0 Å². The van der Waals surface area contributed by atoms with E-state index >= 15 is 0 Å². The van der Waals surface area contributed by atoms with E-state index in [1.54, 1.807) is 0 Å². The summed E-state index contributed by atoms with van der Waals surface area (Å²) in [5.74, 6) is -1.12. The van der Waals surface area contributed by atoms with Crippen LogP contribution in [0.1, 0.15) is 0 Å². The summed E-state index contributed by atoms with van der Waals surface area (Å²) in [6, 6.07) is 3.13. The third-order valence-corrected chi connectivity index (χ3v) is 2.19. The first-order valence-electron chi connectivity index (χ1n) is 4.58. The number of hydrogen-bond donors (Lipinski definition) is 1. The maximum Gasteiger partial charge on any atom is 0.297 e. The van der Waals surface area contributed by atoms with Gasteiger partial charge in [-0.1, -0.05) is 0 Å². The summed E-state index contributed by atoms with van der Waals surface area (Å²) in [7, 11) is 1.37. The highest BCUT2D eigenvalue weighted by molar-refractivity contribution is 7.71. The molecule has 0 aliphatic heterocycles. The molecule has 7 heteroatoms. The summed E-state index contributed by atoms with van der Waals surface area (Å²) in [6.45, 7) is 0. The van der Waals surface area contributed by atoms with E-state index in [1.165, 1.54) is 7.11 Å². The number of aromatic amines is 1. The van der Waals surface area contributed by atoms with Crippen molar-refractivity contribution < 1.29 is 13.5 Å². The van der Waals surface area contributed by atoms with Crippen LogP contribution in [0.25, 0.3) is 11.4 Å². The molecule has 0 saturated carbocycles. The van der Waals surface area contributed by atoms with Gasteiger partial charge in [-0.05, 0) is 30.4 Å². The molecule has 1 aromatic carbocycles. The van der Waals surface area contributed by atoms with Gasteiger partial charge >= 0.3 is 0 Å². The molecule has 2 rings (SSSR count). The molecule has 0 atom stereocenters. The lowest BCUT2D eigenvalue weighted by Gasteiger charge is -2.04. The molecule has 1 heterocycles. The minimum Gasteiger partial charge on any atom is -0.468 e. The Morgan fingerprint density at radius 1 is 1.29 bits per heavy atom. The van der Waals surface area contributed by atoms with Gasteiger partial charge in [0.25, 0.3) is 6.01 Å². The molecule has 0 amide bonds. The van der Waals surface area contributed by atoms with Crippen LogP contribution in [0.2, 0.25) is 0 Å². The maximum absolute atomic E-state index is 13.5. The van der Waals surface area contributed by atoms with Crippen LogP contribution >= 0.6 is 12.2 Å². The molecule has 0 saturated heterocycles. The SMILES string of the molecule is COc1nc(=S)nc(-c2cc(F)ccc2F)[nH]1. The van der Waals surface area contributed by atoms with Crippen LogP contribution in [0, 0.1) is 16.4 Å². The number of nitrogens with zero attached hydrogens (tertiary/aromatic N) is 2. The van der Waals surface area contributed by atoms with Gasteiger partial charge in [0.2, 0.25) is 4.77 Å². The van der Waals surface area contributed by atoms with Crippen LogP contribution in [-0.4, -0.2) is 22.1 Å². The number of benzene rings is 1. The normalized spacial score (nSPS) is 10.3. The Kier molecular flexibility index (Phi) is 3.10. The molecule has 4 nitrogen and oxygen atoms in total. The molecule has 1 aromatic heterocycles. The van der Waals surface area contributed by atoms with E-state index in [-0.39, 0.29) is 22.2 Å². The first-order chi connectivity index (χ1) is 8.10. The summed E-state index contributed by atoms with van der Waals surface area (Å²) in [5, 5.41) is 0. The van der Waals surface area contributed by atoms with E-state index in [4.69, 9.17) is 17.0 Å². The second-order valence-electron chi connectivity index (χ2n) is 3.11. The third kappa shape index (κ3) is 2.44. The monoisotopic (exact) mass is 255 g/mol. The van der Waals surface area contributed by atoms with Gasteiger partial charge in [-0.3, -0.25) is 4.98 Å². The molecular weight excluding hydrogens is 248 g/mol. The Labute approximate surface area is 100 Å². The Balaban J connectivity index is 2.63. The number of rotatable bonds is 2. The average molecular weight is 255 g/mol. The number of H-pyrrole nitrogens is 1. The highest BCUT2D eigenvalue weighted by atomic mass is 32.1. The zero-order valence-electron chi connectivity index (χ0n) is 8.70. The van der Waals surface area contributed by atoms with Crippen LogP contribution in [0.4, 0.5) is 8.78 Å². The number of hydrogen-bond acceptors (Lipinski definition) is 4. The average Bonchev–Trinajstić information content (AvgIpc) is 2.31. The standard InChI is InChI=1S/C10H7F2N3OS/c1-16-9-13-8(14-10(17)15-9)6-4-5(11)2-3-7(6)12/h2-4H,1H3,(H,13,14,15,17). The van der Waals surface area contributed by atoms with Crippen LogP contribution in [0.3, 0.4) is 0 Å². The molecule has 2 aromatic rings. The Morgan fingerprint density at radius 3 is 2.76 bits per heavy atom. The molecule has 1 N–H and O–H groups in total. The lowest BCUT2D eigenvalue weighted by Crippen LogP contribution is -1.99. The Hall–Kier alpha value is -1.89. The number of aromatic nitrogens is 3. The maximum atomic E-state index is 13.5. The summed E-state index contributed by atoms with van der Waals surface area (Å²) in [4.78, 5) is 10.2. The van der Waals surface area contributed by atoms with Crippen molar-refractivity contribution >= 4 is 12.2 Å². The quantitative estimate of drug-likeness (QED) is 0.838.